The molecule has 0 aliphatic rings. The predicted octanol–water partition coefficient (Wildman–Crippen LogP) is 19.0. The number of aromatic nitrogens is 4. The fourth-order valence-electron chi connectivity index (χ4n) is 10.3. The Morgan fingerprint density at radius 2 is 0.486 bits per heavy atom. The average molecular weight is 979 g/mol. The lowest BCUT2D eigenvalue weighted by molar-refractivity contribution is 1.24. The summed E-state index contributed by atoms with van der Waals surface area (Å²) in [6.07, 6.45) is 0. The van der Waals surface area contributed by atoms with Crippen LogP contribution < -0.4 is 0 Å². The van der Waals surface area contributed by atoms with E-state index in [-0.39, 0.29) is 0 Å². The fraction of sp³-hybridized carbons (Fsp3) is 0. The van der Waals surface area contributed by atoms with E-state index in [1.54, 1.807) is 22.7 Å². The SMILES string of the molecule is c1ccc(-c2cccc(-c3nc(-c4cccc(-c5cccc(-c6cccc(-c7cccc(-c8nc(-c9cccc(-c%10ccccc%10)c9)c9c(n8)sc8ccccc89)c7)c6)c5)c4)nc4sc5ccccc5c34)c2)cc1. The molecule has 14 aromatic rings. The minimum Gasteiger partial charge on any atom is -0.227 e. The molecule has 0 radical (unpaired) electrons. The lowest BCUT2D eigenvalue weighted by Gasteiger charge is -2.12. The molecule has 0 saturated heterocycles. The molecule has 0 unspecified atom stereocenters. The molecular formula is C68H42N4S2. The summed E-state index contributed by atoms with van der Waals surface area (Å²) in [4.78, 5) is 23.3. The number of benzene rings is 10. The molecule has 10 aromatic carbocycles. The van der Waals surface area contributed by atoms with E-state index in [1.807, 2.05) is 0 Å². The van der Waals surface area contributed by atoms with Crippen LogP contribution >= 0.6 is 22.7 Å². The van der Waals surface area contributed by atoms with Gasteiger partial charge in [0.25, 0.3) is 0 Å². The van der Waals surface area contributed by atoms with Crippen LogP contribution in [-0.4, -0.2) is 19.9 Å². The van der Waals surface area contributed by atoms with E-state index in [2.05, 4.69) is 255 Å². The number of rotatable bonds is 9. The summed E-state index contributed by atoms with van der Waals surface area (Å²) < 4.78 is 2.40. The Hall–Kier alpha value is -9.20. The van der Waals surface area contributed by atoms with Crippen LogP contribution in [0, 0.1) is 0 Å². The van der Waals surface area contributed by atoms with E-state index < -0.39 is 0 Å². The standard InChI is InChI=1S/C68H42N4S2/c1-3-17-43(18-4-1)45-21-13-29-53(39-45)63-61-57-33-7-9-35-59(57)73-67(61)71-65(69-63)55-31-15-27-51(41-55)49-25-11-23-47(37-49)48-24-12-26-50(38-48)52-28-16-32-56(42-52)66-70-64(62-58-34-8-10-36-60(58)74-68(62)72-66)54-30-14-22-46(40-54)44-19-5-2-6-20-44/h1-42H. The molecule has 0 spiro atoms. The van der Waals surface area contributed by atoms with Gasteiger partial charge in [0.2, 0.25) is 0 Å². The summed E-state index contributed by atoms with van der Waals surface area (Å²) in [5.41, 5.74) is 17.3. The number of hydrogen-bond donors (Lipinski definition) is 0. The Morgan fingerprint density at radius 3 is 0.865 bits per heavy atom. The summed E-state index contributed by atoms with van der Waals surface area (Å²) >= 11 is 3.44. The van der Waals surface area contributed by atoms with Gasteiger partial charge in [-0.3, -0.25) is 0 Å². The van der Waals surface area contributed by atoms with Crippen molar-refractivity contribution in [3.8, 4) is 101 Å². The highest BCUT2D eigenvalue weighted by molar-refractivity contribution is 7.26. The predicted molar refractivity (Wildman–Crippen MR) is 312 cm³/mol. The third-order valence-corrected chi connectivity index (χ3v) is 16.1. The topological polar surface area (TPSA) is 51.6 Å². The molecule has 14 rings (SSSR count). The van der Waals surface area contributed by atoms with E-state index >= 15 is 0 Å². The van der Waals surface area contributed by atoms with Crippen molar-refractivity contribution < 1.29 is 0 Å². The maximum atomic E-state index is 5.40. The van der Waals surface area contributed by atoms with Crippen molar-refractivity contribution in [2.24, 2.45) is 0 Å². The number of nitrogens with zero attached hydrogens (tertiary/aromatic N) is 4. The van der Waals surface area contributed by atoms with E-state index in [4.69, 9.17) is 19.9 Å². The molecule has 0 N–H and O–H groups in total. The molecule has 4 aromatic heterocycles. The van der Waals surface area contributed by atoms with E-state index in [1.165, 1.54) is 31.3 Å². The van der Waals surface area contributed by atoms with Crippen LogP contribution in [0.1, 0.15) is 0 Å². The molecule has 0 aliphatic heterocycles. The average Bonchev–Trinajstić information content (AvgIpc) is 4.07. The second kappa shape index (κ2) is 18.4. The second-order valence-electron chi connectivity index (χ2n) is 18.6. The van der Waals surface area contributed by atoms with Crippen molar-refractivity contribution in [3.05, 3.63) is 255 Å². The number of hydrogen-bond acceptors (Lipinski definition) is 6. The minimum absolute atomic E-state index is 0.708. The van der Waals surface area contributed by atoms with Crippen LogP contribution in [0.2, 0.25) is 0 Å². The monoisotopic (exact) mass is 978 g/mol. The third kappa shape index (κ3) is 8.03. The van der Waals surface area contributed by atoms with Gasteiger partial charge in [-0.2, -0.15) is 0 Å². The van der Waals surface area contributed by atoms with Gasteiger partial charge >= 0.3 is 0 Å². The van der Waals surface area contributed by atoms with Gasteiger partial charge in [0.15, 0.2) is 11.6 Å². The first-order chi connectivity index (χ1) is 36.6. The smallest absolute Gasteiger partial charge is 0.161 e. The van der Waals surface area contributed by atoms with Gasteiger partial charge in [0.1, 0.15) is 9.66 Å². The Balaban J connectivity index is 0.803. The molecule has 74 heavy (non-hydrogen) atoms. The third-order valence-electron chi connectivity index (χ3n) is 13.9. The van der Waals surface area contributed by atoms with Crippen LogP contribution in [0.5, 0.6) is 0 Å². The first kappa shape index (κ1) is 43.6. The van der Waals surface area contributed by atoms with Gasteiger partial charge in [-0.1, -0.05) is 206 Å². The van der Waals surface area contributed by atoms with Crippen LogP contribution in [0.4, 0.5) is 0 Å². The maximum absolute atomic E-state index is 5.40. The zero-order chi connectivity index (χ0) is 49.0. The van der Waals surface area contributed by atoms with Crippen molar-refractivity contribution in [1.82, 2.24) is 19.9 Å². The van der Waals surface area contributed by atoms with Crippen LogP contribution in [-0.2, 0) is 0 Å². The lowest BCUT2D eigenvalue weighted by atomic mass is 9.95. The van der Waals surface area contributed by atoms with Crippen LogP contribution in [0.25, 0.3) is 142 Å². The zero-order valence-electron chi connectivity index (χ0n) is 39.9. The molecule has 0 saturated carbocycles. The Kier molecular flexibility index (Phi) is 10.9. The van der Waals surface area contributed by atoms with Crippen molar-refractivity contribution in [1.29, 1.82) is 0 Å². The van der Waals surface area contributed by atoms with E-state index in [0.29, 0.717) is 11.6 Å². The van der Waals surface area contributed by atoms with Crippen molar-refractivity contribution in [3.63, 3.8) is 0 Å². The molecule has 0 aliphatic carbocycles. The molecule has 4 nitrogen and oxygen atoms in total. The summed E-state index contributed by atoms with van der Waals surface area (Å²) in [6, 6.07) is 90.6. The van der Waals surface area contributed by atoms with Crippen LogP contribution in [0.3, 0.4) is 0 Å². The van der Waals surface area contributed by atoms with Gasteiger partial charge in [0.05, 0.1) is 11.4 Å². The molecule has 346 valence electrons. The normalized spacial score (nSPS) is 11.5. The number of fused-ring (bicyclic) bond motifs is 6. The summed E-state index contributed by atoms with van der Waals surface area (Å²) in [7, 11) is 0. The largest absolute Gasteiger partial charge is 0.227 e. The molecule has 0 amide bonds. The number of thiophene rings is 2. The molecule has 6 heteroatoms. The Morgan fingerprint density at radius 1 is 0.216 bits per heavy atom. The highest BCUT2D eigenvalue weighted by Gasteiger charge is 2.20. The Labute approximate surface area is 436 Å². The van der Waals surface area contributed by atoms with Crippen molar-refractivity contribution in [2.75, 3.05) is 0 Å². The van der Waals surface area contributed by atoms with Crippen LogP contribution in [0.15, 0.2) is 255 Å². The van der Waals surface area contributed by atoms with Gasteiger partial charge in [0, 0.05) is 53.2 Å². The van der Waals surface area contributed by atoms with E-state index in [0.717, 1.165) is 98.6 Å². The minimum atomic E-state index is 0.708. The Bertz CT molecular complexity index is 4160. The lowest BCUT2D eigenvalue weighted by Crippen LogP contribution is -1.94. The molecular weight excluding hydrogens is 937 g/mol. The van der Waals surface area contributed by atoms with Crippen molar-refractivity contribution >= 4 is 63.3 Å². The summed E-state index contributed by atoms with van der Waals surface area (Å²) in [6.45, 7) is 0. The van der Waals surface area contributed by atoms with Gasteiger partial charge in [-0.15, -0.1) is 22.7 Å². The molecule has 4 heterocycles. The molecule has 0 atom stereocenters. The summed E-state index contributed by atoms with van der Waals surface area (Å²) in [5, 5.41) is 4.54. The fourth-order valence-corrected chi connectivity index (χ4v) is 12.5. The highest BCUT2D eigenvalue weighted by atomic mass is 32.1. The first-order valence-corrected chi connectivity index (χ1v) is 26.4. The first-order valence-electron chi connectivity index (χ1n) is 24.8. The quantitative estimate of drug-likeness (QED) is 0.145. The van der Waals surface area contributed by atoms with Gasteiger partial charge in [-0.05, 0) is 104 Å². The van der Waals surface area contributed by atoms with Gasteiger partial charge in [-0.25, -0.2) is 19.9 Å². The zero-order valence-corrected chi connectivity index (χ0v) is 41.5. The van der Waals surface area contributed by atoms with E-state index in [9.17, 15) is 0 Å². The molecule has 0 fully saturated rings. The molecule has 0 bridgehead atoms. The maximum Gasteiger partial charge on any atom is 0.161 e. The van der Waals surface area contributed by atoms with Crippen molar-refractivity contribution in [2.45, 2.75) is 0 Å². The van der Waals surface area contributed by atoms with Gasteiger partial charge < -0.3 is 0 Å². The highest BCUT2D eigenvalue weighted by Crippen LogP contribution is 2.43. The summed E-state index contributed by atoms with van der Waals surface area (Å²) in [5.74, 6) is 1.42. The second-order valence-corrected chi connectivity index (χ2v) is 20.6.